The van der Waals surface area contributed by atoms with E-state index in [1.54, 1.807) is 0 Å². The van der Waals surface area contributed by atoms with Crippen LogP contribution in [0.15, 0.2) is 0 Å². The second-order valence-electron chi connectivity index (χ2n) is 3.90. The summed E-state index contributed by atoms with van der Waals surface area (Å²) in [5.41, 5.74) is 5.46. The lowest BCUT2D eigenvalue weighted by atomic mass is 10.3. The normalized spacial score (nSPS) is 17.1. The van der Waals surface area contributed by atoms with Crippen molar-refractivity contribution in [3.63, 3.8) is 0 Å². The van der Waals surface area contributed by atoms with Gasteiger partial charge in [0.1, 0.15) is 0 Å². The summed E-state index contributed by atoms with van der Waals surface area (Å²) in [6.07, 6.45) is 1.25. The molecule has 0 saturated carbocycles. The molecule has 3 nitrogen and oxygen atoms in total. The molecule has 0 saturated heterocycles. The van der Waals surface area contributed by atoms with Gasteiger partial charge in [0.2, 0.25) is 0 Å². The predicted octanol–water partition coefficient (Wildman–Crippen LogP) is 1.90. The average Bonchev–Trinajstić information content (AvgIpc) is 2.02. The van der Waals surface area contributed by atoms with Crippen LogP contribution in [0.3, 0.4) is 0 Å². The molecule has 0 aromatic carbocycles. The molecule has 0 radical (unpaired) electrons. The Labute approximate surface area is 81.6 Å². The monoisotopic (exact) mass is 189 g/mol. The van der Waals surface area contributed by atoms with Crippen molar-refractivity contribution in [3.8, 4) is 0 Å². The first-order chi connectivity index (χ1) is 5.91. The Morgan fingerprint density at radius 1 is 1.15 bits per heavy atom. The van der Waals surface area contributed by atoms with E-state index >= 15 is 0 Å². The van der Waals surface area contributed by atoms with Gasteiger partial charge in [-0.05, 0) is 34.1 Å². The highest BCUT2D eigenvalue weighted by Crippen LogP contribution is 2.17. The minimum absolute atomic E-state index is 0.0408. The molecule has 0 aliphatic heterocycles. The van der Waals surface area contributed by atoms with Crippen LogP contribution in [-0.4, -0.2) is 24.5 Å². The predicted molar refractivity (Wildman–Crippen MR) is 54.5 cm³/mol. The molecule has 0 aromatic heterocycles. The molecule has 0 amide bonds. The maximum atomic E-state index is 5.68. The number of nitrogens with two attached hydrogens (primary N) is 1. The van der Waals surface area contributed by atoms with Gasteiger partial charge >= 0.3 is 0 Å². The Hall–Kier alpha value is -0.120. The summed E-state index contributed by atoms with van der Waals surface area (Å²) >= 11 is 0. The molecule has 0 bridgehead atoms. The third-order valence-electron chi connectivity index (χ3n) is 1.88. The van der Waals surface area contributed by atoms with E-state index in [-0.39, 0.29) is 12.2 Å². The molecule has 0 aromatic rings. The topological polar surface area (TPSA) is 44.5 Å². The standard InChI is InChI=1S/C10H23NO2/c1-6-8(2)12-10(4,5)13-9(3)7-11/h8-9H,6-7,11H2,1-5H3. The lowest BCUT2D eigenvalue weighted by Crippen LogP contribution is -2.37. The molecule has 0 aliphatic carbocycles. The lowest BCUT2D eigenvalue weighted by Gasteiger charge is -2.31. The molecule has 13 heavy (non-hydrogen) atoms. The van der Waals surface area contributed by atoms with Crippen molar-refractivity contribution >= 4 is 0 Å². The maximum absolute atomic E-state index is 5.68. The highest BCUT2D eigenvalue weighted by molar-refractivity contribution is 4.61. The molecular weight excluding hydrogens is 166 g/mol. The van der Waals surface area contributed by atoms with E-state index in [1.807, 2.05) is 27.7 Å². The Kier molecular flexibility index (Phi) is 5.53. The van der Waals surface area contributed by atoms with Gasteiger partial charge in [-0.15, -0.1) is 0 Å². The van der Waals surface area contributed by atoms with Gasteiger partial charge in [-0.1, -0.05) is 6.92 Å². The van der Waals surface area contributed by atoms with E-state index in [0.717, 1.165) is 6.42 Å². The fourth-order valence-electron chi connectivity index (χ4n) is 1.13. The van der Waals surface area contributed by atoms with Gasteiger partial charge in [-0.3, -0.25) is 0 Å². The first-order valence-electron chi connectivity index (χ1n) is 4.97. The van der Waals surface area contributed by atoms with Crippen molar-refractivity contribution in [2.75, 3.05) is 6.54 Å². The van der Waals surface area contributed by atoms with Gasteiger partial charge in [0.25, 0.3) is 0 Å². The van der Waals surface area contributed by atoms with Crippen molar-refractivity contribution in [1.29, 1.82) is 0 Å². The molecule has 80 valence electrons. The summed E-state index contributed by atoms with van der Waals surface area (Å²) in [5.74, 6) is -0.534. The zero-order chi connectivity index (χ0) is 10.5. The quantitative estimate of drug-likeness (QED) is 0.649. The molecule has 0 spiro atoms. The van der Waals surface area contributed by atoms with Gasteiger partial charge < -0.3 is 15.2 Å². The molecule has 2 unspecified atom stereocenters. The van der Waals surface area contributed by atoms with Gasteiger partial charge in [0, 0.05) is 6.54 Å². The molecule has 0 fully saturated rings. The average molecular weight is 189 g/mol. The van der Waals surface area contributed by atoms with Crippen molar-refractivity contribution in [2.45, 2.75) is 59.0 Å². The largest absolute Gasteiger partial charge is 0.348 e. The third kappa shape index (κ3) is 6.02. The summed E-state index contributed by atoms with van der Waals surface area (Å²) in [6.45, 7) is 10.4. The zero-order valence-corrected chi connectivity index (χ0v) is 9.46. The van der Waals surface area contributed by atoms with Gasteiger partial charge in [0.15, 0.2) is 5.79 Å². The lowest BCUT2D eigenvalue weighted by molar-refractivity contribution is -0.250. The van der Waals surface area contributed by atoms with Gasteiger partial charge in [-0.2, -0.15) is 0 Å². The van der Waals surface area contributed by atoms with Crippen LogP contribution in [0.4, 0.5) is 0 Å². The second-order valence-corrected chi connectivity index (χ2v) is 3.90. The molecular formula is C10H23NO2. The SMILES string of the molecule is CCC(C)OC(C)(C)OC(C)CN. The second kappa shape index (κ2) is 5.58. The van der Waals surface area contributed by atoms with Crippen LogP contribution in [0.2, 0.25) is 0 Å². The highest BCUT2D eigenvalue weighted by atomic mass is 16.7. The van der Waals surface area contributed by atoms with Crippen molar-refractivity contribution in [3.05, 3.63) is 0 Å². The van der Waals surface area contributed by atoms with Crippen LogP contribution >= 0.6 is 0 Å². The number of hydrogen-bond acceptors (Lipinski definition) is 3. The number of ether oxygens (including phenoxy) is 2. The van der Waals surface area contributed by atoms with Crippen LogP contribution in [-0.2, 0) is 9.47 Å². The third-order valence-corrected chi connectivity index (χ3v) is 1.88. The Bertz CT molecular complexity index is 123. The van der Waals surface area contributed by atoms with E-state index in [9.17, 15) is 0 Å². The summed E-state index contributed by atoms with van der Waals surface area (Å²) in [7, 11) is 0. The Balaban J connectivity index is 3.92. The maximum Gasteiger partial charge on any atom is 0.163 e. The molecule has 0 heterocycles. The molecule has 0 aliphatic rings. The van der Waals surface area contributed by atoms with E-state index < -0.39 is 5.79 Å². The van der Waals surface area contributed by atoms with Crippen LogP contribution in [0.25, 0.3) is 0 Å². The zero-order valence-electron chi connectivity index (χ0n) is 9.46. The number of rotatable bonds is 6. The van der Waals surface area contributed by atoms with Crippen molar-refractivity contribution in [1.82, 2.24) is 0 Å². The molecule has 2 atom stereocenters. The summed E-state index contributed by atoms with van der Waals surface area (Å²) in [5, 5.41) is 0. The van der Waals surface area contributed by atoms with Crippen LogP contribution < -0.4 is 5.73 Å². The van der Waals surface area contributed by atoms with E-state index in [1.165, 1.54) is 0 Å². The van der Waals surface area contributed by atoms with Crippen LogP contribution in [0.5, 0.6) is 0 Å². The van der Waals surface area contributed by atoms with Gasteiger partial charge in [-0.25, -0.2) is 0 Å². The highest BCUT2D eigenvalue weighted by Gasteiger charge is 2.23. The van der Waals surface area contributed by atoms with Crippen LogP contribution in [0, 0.1) is 0 Å². The van der Waals surface area contributed by atoms with E-state index in [2.05, 4.69) is 6.92 Å². The Morgan fingerprint density at radius 2 is 1.62 bits per heavy atom. The van der Waals surface area contributed by atoms with E-state index in [4.69, 9.17) is 15.2 Å². The number of hydrogen-bond donors (Lipinski definition) is 1. The summed E-state index contributed by atoms with van der Waals surface area (Å²) in [6, 6.07) is 0. The Morgan fingerprint density at radius 3 is 2.00 bits per heavy atom. The van der Waals surface area contributed by atoms with Gasteiger partial charge in [0.05, 0.1) is 12.2 Å². The van der Waals surface area contributed by atoms with Crippen LogP contribution in [0.1, 0.15) is 41.0 Å². The summed E-state index contributed by atoms with van der Waals surface area (Å²) in [4.78, 5) is 0. The fraction of sp³-hybridized carbons (Fsp3) is 1.00. The van der Waals surface area contributed by atoms with Crippen molar-refractivity contribution in [2.24, 2.45) is 5.73 Å². The van der Waals surface area contributed by atoms with E-state index in [0.29, 0.717) is 6.54 Å². The molecule has 0 rings (SSSR count). The molecule has 2 N–H and O–H groups in total. The first kappa shape index (κ1) is 12.9. The molecule has 3 heteroatoms. The smallest absolute Gasteiger partial charge is 0.163 e. The van der Waals surface area contributed by atoms with Crippen molar-refractivity contribution < 1.29 is 9.47 Å². The fourth-order valence-corrected chi connectivity index (χ4v) is 1.13. The summed E-state index contributed by atoms with van der Waals surface area (Å²) < 4.78 is 11.3. The minimum atomic E-state index is -0.534. The minimum Gasteiger partial charge on any atom is -0.348 e. The first-order valence-corrected chi connectivity index (χ1v) is 4.97.